The van der Waals surface area contributed by atoms with Crippen molar-refractivity contribution in [3.63, 3.8) is 0 Å². The van der Waals surface area contributed by atoms with E-state index in [9.17, 15) is 9.59 Å². The zero-order chi connectivity index (χ0) is 20.4. The first-order chi connectivity index (χ1) is 14.1. The van der Waals surface area contributed by atoms with Crippen LogP contribution in [0.2, 0.25) is 0 Å². The number of likely N-dealkylation sites (tertiary alicyclic amines) is 1. The molecule has 0 aromatic carbocycles. The minimum Gasteiger partial charge on any atom is -0.383 e. The van der Waals surface area contributed by atoms with Crippen LogP contribution in [-0.4, -0.2) is 52.4 Å². The van der Waals surface area contributed by atoms with Gasteiger partial charge in [0.05, 0.1) is 24.3 Å². The van der Waals surface area contributed by atoms with E-state index >= 15 is 0 Å². The number of methoxy groups -OCH3 is 1. The smallest absolute Gasteiger partial charge is 0.263 e. The molecule has 4 rings (SSSR count). The van der Waals surface area contributed by atoms with Gasteiger partial charge in [0, 0.05) is 24.6 Å². The van der Waals surface area contributed by atoms with Crippen LogP contribution in [0.5, 0.6) is 0 Å². The first-order valence-electron chi connectivity index (χ1n) is 10.6. The van der Waals surface area contributed by atoms with Crippen LogP contribution in [0.15, 0.2) is 9.95 Å². The van der Waals surface area contributed by atoms with Gasteiger partial charge < -0.3 is 9.64 Å². The highest BCUT2D eigenvalue weighted by molar-refractivity contribution is 7.99. The van der Waals surface area contributed by atoms with Crippen LogP contribution in [0.1, 0.15) is 49.5 Å². The number of aromatic nitrogens is 2. The normalized spacial score (nSPS) is 19.5. The standard InChI is InChI=1S/C21H29N3O3S2/c1-14-7-5-6-10-23(14)17(25)13-28-21-22-19-18(20(26)24(21)11-12-27-2)15-8-3-4-9-16(15)29-19/h14H,3-13H2,1-2H3. The summed E-state index contributed by atoms with van der Waals surface area (Å²) in [6.07, 6.45) is 7.66. The lowest BCUT2D eigenvalue weighted by atomic mass is 9.97. The second-order valence-electron chi connectivity index (χ2n) is 7.96. The van der Waals surface area contributed by atoms with Crippen molar-refractivity contribution in [2.24, 2.45) is 0 Å². The van der Waals surface area contributed by atoms with E-state index in [-0.39, 0.29) is 11.5 Å². The molecular weight excluding hydrogens is 406 g/mol. The predicted molar refractivity (Wildman–Crippen MR) is 118 cm³/mol. The summed E-state index contributed by atoms with van der Waals surface area (Å²) >= 11 is 3.05. The monoisotopic (exact) mass is 435 g/mol. The number of fused-ring (bicyclic) bond motifs is 3. The van der Waals surface area contributed by atoms with Crippen molar-refractivity contribution in [3.05, 3.63) is 20.8 Å². The maximum absolute atomic E-state index is 13.4. The molecule has 0 spiro atoms. The third-order valence-electron chi connectivity index (χ3n) is 6.01. The van der Waals surface area contributed by atoms with E-state index in [0.29, 0.717) is 30.1 Å². The number of amides is 1. The lowest BCUT2D eigenvalue weighted by molar-refractivity contribution is -0.131. The Bertz CT molecular complexity index is 953. The molecule has 1 unspecified atom stereocenters. The van der Waals surface area contributed by atoms with Crippen molar-refractivity contribution in [2.45, 2.75) is 69.6 Å². The molecule has 6 nitrogen and oxygen atoms in total. The number of carbonyl (C=O) groups excluding carboxylic acids is 1. The highest BCUT2D eigenvalue weighted by Gasteiger charge is 2.25. The molecule has 1 amide bonds. The Labute approximate surface area is 179 Å². The van der Waals surface area contributed by atoms with E-state index in [4.69, 9.17) is 9.72 Å². The van der Waals surface area contributed by atoms with Gasteiger partial charge in [0.15, 0.2) is 5.16 Å². The molecule has 2 aliphatic rings. The molecule has 0 N–H and O–H groups in total. The van der Waals surface area contributed by atoms with Crippen molar-refractivity contribution in [2.75, 3.05) is 26.0 Å². The molecule has 3 heterocycles. The zero-order valence-electron chi connectivity index (χ0n) is 17.2. The maximum Gasteiger partial charge on any atom is 0.263 e. The molecule has 1 atom stereocenters. The summed E-state index contributed by atoms with van der Waals surface area (Å²) in [6, 6.07) is 0.298. The summed E-state index contributed by atoms with van der Waals surface area (Å²) in [5, 5.41) is 1.43. The van der Waals surface area contributed by atoms with E-state index in [0.717, 1.165) is 48.9 Å². The van der Waals surface area contributed by atoms with Gasteiger partial charge in [0.25, 0.3) is 5.56 Å². The van der Waals surface area contributed by atoms with Gasteiger partial charge in [-0.1, -0.05) is 11.8 Å². The van der Waals surface area contributed by atoms with Crippen LogP contribution in [-0.2, 0) is 28.9 Å². The van der Waals surface area contributed by atoms with Crippen molar-refractivity contribution in [3.8, 4) is 0 Å². The first-order valence-corrected chi connectivity index (χ1v) is 12.4. The number of nitrogens with zero attached hydrogens (tertiary/aromatic N) is 3. The topological polar surface area (TPSA) is 64.4 Å². The van der Waals surface area contributed by atoms with Crippen molar-refractivity contribution in [1.82, 2.24) is 14.5 Å². The van der Waals surface area contributed by atoms with Gasteiger partial charge in [-0.25, -0.2) is 4.98 Å². The number of ether oxygens (including phenoxy) is 1. The largest absolute Gasteiger partial charge is 0.383 e. The molecule has 2 aromatic rings. The number of aryl methyl sites for hydroxylation is 2. The van der Waals surface area contributed by atoms with Gasteiger partial charge in [-0.3, -0.25) is 14.2 Å². The van der Waals surface area contributed by atoms with Gasteiger partial charge >= 0.3 is 0 Å². The van der Waals surface area contributed by atoms with Crippen LogP contribution in [0.4, 0.5) is 0 Å². The summed E-state index contributed by atoms with van der Waals surface area (Å²) in [7, 11) is 1.64. The Morgan fingerprint density at radius 1 is 1.28 bits per heavy atom. The van der Waals surface area contributed by atoms with Crippen LogP contribution in [0.3, 0.4) is 0 Å². The minimum absolute atomic E-state index is 0.0211. The van der Waals surface area contributed by atoms with Crippen LogP contribution < -0.4 is 5.56 Å². The van der Waals surface area contributed by atoms with E-state index in [1.54, 1.807) is 23.0 Å². The second kappa shape index (κ2) is 9.18. The number of piperidine rings is 1. The molecule has 1 saturated heterocycles. The Balaban J connectivity index is 1.63. The van der Waals surface area contributed by atoms with Crippen molar-refractivity contribution >= 4 is 39.2 Å². The van der Waals surface area contributed by atoms with Gasteiger partial charge in [0.1, 0.15) is 4.83 Å². The Hall–Kier alpha value is -1.38. The summed E-state index contributed by atoms with van der Waals surface area (Å²) in [5.41, 5.74) is 1.22. The zero-order valence-corrected chi connectivity index (χ0v) is 18.9. The summed E-state index contributed by atoms with van der Waals surface area (Å²) in [5.74, 6) is 0.459. The van der Waals surface area contributed by atoms with Gasteiger partial charge in [-0.05, 0) is 57.4 Å². The average Bonchev–Trinajstić information content (AvgIpc) is 3.10. The quantitative estimate of drug-likeness (QED) is 0.513. The fourth-order valence-corrected chi connectivity index (χ4v) is 6.60. The minimum atomic E-state index is 0.0211. The van der Waals surface area contributed by atoms with E-state index < -0.39 is 0 Å². The van der Waals surface area contributed by atoms with E-state index in [2.05, 4.69) is 6.92 Å². The number of hydrogen-bond acceptors (Lipinski definition) is 6. The Morgan fingerprint density at radius 2 is 2.10 bits per heavy atom. The van der Waals surface area contributed by atoms with Crippen LogP contribution in [0, 0.1) is 0 Å². The van der Waals surface area contributed by atoms with Crippen molar-refractivity contribution < 1.29 is 9.53 Å². The Kier molecular flexibility index (Phi) is 6.61. The predicted octanol–water partition coefficient (Wildman–Crippen LogP) is 3.48. The molecule has 158 valence electrons. The van der Waals surface area contributed by atoms with Gasteiger partial charge in [-0.2, -0.15) is 0 Å². The number of thioether (sulfide) groups is 1. The van der Waals surface area contributed by atoms with E-state index in [1.165, 1.54) is 35.0 Å². The third kappa shape index (κ3) is 4.25. The highest BCUT2D eigenvalue weighted by Crippen LogP contribution is 2.34. The third-order valence-corrected chi connectivity index (χ3v) is 8.15. The molecule has 2 aromatic heterocycles. The summed E-state index contributed by atoms with van der Waals surface area (Å²) in [6.45, 7) is 3.86. The number of hydrogen-bond donors (Lipinski definition) is 0. The molecule has 1 fully saturated rings. The molecule has 1 aliphatic heterocycles. The molecule has 1 aliphatic carbocycles. The van der Waals surface area contributed by atoms with Gasteiger partial charge in [-0.15, -0.1) is 11.3 Å². The SMILES string of the molecule is COCCn1c(SCC(=O)N2CCCCC2C)nc2sc3c(c2c1=O)CCCC3. The molecule has 0 bridgehead atoms. The lowest BCUT2D eigenvalue weighted by Gasteiger charge is -2.33. The summed E-state index contributed by atoms with van der Waals surface area (Å²) in [4.78, 5) is 35.1. The molecule has 8 heteroatoms. The average molecular weight is 436 g/mol. The summed E-state index contributed by atoms with van der Waals surface area (Å²) < 4.78 is 6.94. The van der Waals surface area contributed by atoms with E-state index in [1.807, 2.05) is 4.90 Å². The van der Waals surface area contributed by atoms with Crippen LogP contribution >= 0.6 is 23.1 Å². The van der Waals surface area contributed by atoms with Crippen LogP contribution in [0.25, 0.3) is 10.2 Å². The molecule has 0 radical (unpaired) electrons. The Morgan fingerprint density at radius 3 is 2.90 bits per heavy atom. The lowest BCUT2D eigenvalue weighted by Crippen LogP contribution is -2.43. The first kappa shape index (κ1) is 20.9. The molecular formula is C21H29N3O3S2. The van der Waals surface area contributed by atoms with Crippen molar-refractivity contribution in [1.29, 1.82) is 0 Å². The number of thiophene rings is 1. The fourth-order valence-electron chi connectivity index (χ4n) is 4.39. The fraction of sp³-hybridized carbons (Fsp3) is 0.667. The number of rotatable bonds is 6. The molecule has 29 heavy (non-hydrogen) atoms. The second-order valence-corrected chi connectivity index (χ2v) is 9.98. The highest BCUT2D eigenvalue weighted by atomic mass is 32.2. The molecule has 0 saturated carbocycles. The maximum atomic E-state index is 13.4. The number of carbonyl (C=O) groups is 1. The van der Waals surface area contributed by atoms with Gasteiger partial charge in [0.2, 0.25) is 5.91 Å².